The lowest BCUT2D eigenvalue weighted by atomic mass is 10.1. The standard InChI is InChI=1S/C18H32N2/c1-5-14-19-17(4)12-9-10-15-20(6-2)18-13-8-7-11-16(18)3/h7-8,11,13,17,19H,5-6,9-10,12,14-15H2,1-4H3. The largest absolute Gasteiger partial charge is 0.372 e. The van der Waals surface area contributed by atoms with E-state index in [4.69, 9.17) is 0 Å². The molecule has 0 spiro atoms. The van der Waals surface area contributed by atoms with Crippen LogP contribution in [0.3, 0.4) is 0 Å². The van der Waals surface area contributed by atoms with Gasteiger partial charge in [0.05, 0.1) is 0 Å². The van der Waals surface area contributed by atoms with Crippen molar-refractivity contribution in [1.82, 2.24) is 5.32 Å². The second-order valence-electron chi connectivity index (χ2n) is 5.72. The molecule has 1 aromatic rings. The van der Waals surface area contributed by atoms with Crippen LogP contribution in [0.25, 0.3) is 0 Å². The van der Waals surface area contributed by atoms with Crippen molar-refractivity contribution in [2.75, 3.05) is 24.5 Å². The molecule has 2 heteroatoms. The molecule has 0 heterocycles. The maximum absolute atomic E-state index is 3.56. The maximum Gasteiger partial charge on any atom is 0.0395 e. The van der Waals surface area contributed by atoms with Gasteiger partial charge in [0.25, 0.3) is 0 Å². The van der Waals surface area contributed by atoms with E-state index in [9.17, 15) is 0 Å². The predicted octanol–water partition coefficient (Wildman–Crippen LogP) is 4.38. The van der Waals surface area contributed by atoms with Gasteiger partial charge in [-0.1, -0.05) is 31.5 Å². The molecule has 0 fully saturated rings. The Balaban J connectivity index is 2.30. The number of hydrogen-bond acceptors (Lipinski definition) is 2. The summed E-state index contributed by atoms with van der Waals surface area (Å²) in [5.74, 6) is 0. The monoisotopic (exact) mass is 276 g/mol. The first-order chi connectivity index (χ1) is 9.69. The van der Waals surface area contributed by atoms with Crippen molar-refractivity contribution in [3.63, 3.8) is 0 Å². The molecule has 0 amide bonds. The Morgan fingerprint density at radius 1 is 1.15 bits per heavy atom. The highest BCUT2D eigenvalue weighted by Gasteiger charge is 2.07. The Morgan fingerprint density at radius 2 is 1.90 bits per heavy atom. The van der Waals surface area contributed by atoms with Gasteiger partial charge < -0.3 is 10.2 Å². The zero-order valence-corrected chi connectivity index (χ0v) is 13.8. The van der Waals surface area contributed by atoms with Crippen LogP contribution in [0.1, 0.15) is 52.0 Å². The van der Waals surface area contributed by atoms with E-state index >= 15 is 0 Å². The smallest absolute Gasteiger partial charge is 0.0395 e. The van der Waals surface area contributed by atoms with Crippen LogP contribution in [0.2, 0.25) is 0 Å². The van der Waals surface area contributed by atoms with Crippen LogP contribution in [0.5, 0.6) is 0 Å². The molecule has 0 saturated carbocycles. The summed E-state index contributed by atoms with van der Waals surface area (Å²) >= 11 is 0. The average molecular weight is 276 g/mol. The van der Waals surface area contributed by atoms with Gasteiger partial charge in [0, 0.05) is 24.8 Å². The second-order valence-corrected chi connectivity index (χ2v) is 5.72. The summed E-state index contributed by atoms with van der Waals surface area (Å²) in [6, 6.07) is 9.36. The molecule has 1 unspecified atom stereocenters. The zero-order valence-electron chi connectivity index (χ0n) is 13.8. The first kappa shape index (κ1) is 17.0. The Bertz CT molecular complexity index is 362. The van der Waals surface area contributed by atoms with E-state index in [2.05, 4.69) is 62.2 Å². The van der Waals surface area contributed by atoms with Crippen molar-refractivity contribution >= 4 is 5.69 Å². The number of hydrogen-bond donors (Lipinski definition) is 1. The number of rotatable bonds is 10. The SMILES string of the molecule is CCCNC(C)CCCCN(CC)c1ccccc1C. The number of nitrogens with one attached hydrogen (secondary N) is 1. The van der Waals surface area contributed by atoms with Gasteiger partial charge in [0.1, 0.15) is 0 Å². The fourth-order valence-corrected chi connectivity index (χ4v) is 2.61. The van der Waals surface area contributed by atoms with Gasteiger partial charge in [-0.3, -0.25) is 0 Å². The molecule has 0 radical (unpaired) electrons. The summed E-state index contributed by atoms with van der Waals surface area (Å²) < 4.78 is 0. The lowest BCUT2D eigenvalue weighted by Crippen LogP contribution is -2.27. The summed E-state index contributed by atoms with van der Waals surface area (Å²) in [7, 11) is 0. The maximum atomic E-state index is 3.56. The average Bonchev–Trinajstić information content (AvgIpc) is 2.46. The molecule has 1 rings (SSSR count). The Hall–Kier alpha value is -1.02. The normalized spacial score (nSPS) is 12.4. The molecule has 1 atom stereocenters. The van der Waals surface area contributed by atoms with E-state index in [1.807, 2.05) is 0 Å². The van der Waals surface area contributed by atoms with Crippen LogP contribution in [-0.4, -0.2) is 25.7 Å². The summed E-state index contributed by atoms with van der Waals surface area (Å²) in [5, 5.41) is 3.56. The Labute approximate surface area is 125 Å². The summed E-state index contributed by atoms with van der Waals surface area (Å²) in [4.78, 5) is 2.50. The number of benzene rings is 1. The highest BCUT2D eigenvalue weighted by atomic mass is 15.1. The van der Waals surface area contributed by atoms with Gasteiger partial charge in [-0.2, -0.15) is 0 Å². The lowest BCUT2D eigenvalue weighted by molar-refractivity contribution is 0.489. The molecule has 114 valence electrons. The predicted molar refractivity (Wildman–Crippen MR) is 90.7 cm³/mol. The molecule has 1 N–H and O–H groups in total. The fourth-order valence-electron chi connectivity index (χ4n) is 2.61. The van der Waals surface area contributed by atoms with E-state index in [1.54, 1.807) is 0 Å². The van der Waals surface area contributed by atoms with E-state index in [-0.39, 0.29) is 0 Å². The van der Waals surface area contributed by atoms with E-state index in [0.717, 1.165) is 13.1 Å². The molecule has 20 heavy (non-hydrogen) atoms. The first-order valence-electron chi connectivity index (χ1n) is 8.23. The summed E-state index contributed by atoms with van der Waals surface area (Å²) in [6.07, 6.45) is 5.09. The minimum atomic E-state index is 0.656. The van der Waals surface area contributed by atoms with Crippen molar-refractivity contribution < 1.29 is 0 Å². The second kappa shape index (κ2) is 9.82. The van der Waals surface area contributed by atoms with Crippen LogP contribution in [0, 0.1) is 6.92 Å². The topological polar surface area (TPSA) is 15.3 Å². The molecule has 2 nitrogen and oxygen atoms in total. The van der Waals surface area contributed by atoms with Gasteiger partial charge in [-0.15, -0.1) is 0 Å². The Kier molecular flexibility index (Phi) is 8.36. The van der Waals surface area contributed by atoms with Gasteiger partial charge in [0.2, 0.25) is 0 Å². The number of nitrogens with zero attached hydrogens (tertiary/aromatic N) is 1. The Morgan fingerprint density at radius 3 is 2.55 bits per heavy atom. The molecule has 0 bridgehead atoms. The quantitative estimate of drug-likeness (QED) is 0.638. The van der Waals surface area contributed by atoms with Crippen LogP contribution >= 0.6 is 0 Å². The molecule has 1 aromatic carbocycles. The van der Waals surface area contributed by atoms with Crippen LogP contribution < -0.4 is 10.2 Å². The third-order valence-corrected chi connectivity index (χ3v) is 3.90. The molecule has 0 aliphatic carbocycles. The minimum Gasteiger partial charge on any atom is -0.372 e. The van der Waals surface area contributed by atoms with Gasteiger partial charge in [-0.05, 0) is 58.2 Å². The van der Waals surface area contributed by atoms with Crippen molar-refractivity contribution in [2.45, 2.75) is 59.4 Å². The number of para-hydroxylation sites is 1. The summed E-state index contributed by atoms with van der Waals surface area (Å²) in [5.41, 5.74) is 2.78. The van der Waals surface area contributed by atoms with Crippen molar-refractivity contribution in [3.8, 4) is 0 Å². The number of anilines is 1. The molecule has 0 aromatic heterocycles. The highest BCUT2D eigenvalue weighted by Crippen LogP contribution is 2.19. The van der Waals surface area contributed by atoms with Crippen molar-refractivity contribution in [3.05, 3.63) is 29.8 Å². The third-order valence-electron chi connectivity index (χ3n) is 3.90. The molecular weight excluding hydrogens is 244 g/mol. The minimum absolute atomic E-state index is 0.656. The molecule has 0 aliphatic rings. The van der Waals surface area contributed by atoms with Crippen LogP contribution in [-0.2, 0) is 0 Å². The van der Waals surface area contributed by atoms with Crippen molar-refractivity contribution in [2.24, 2.45) is 0 Å². The van der Waals surface area contributed by atoms with Crippen LogP contribution in [0.15, 0.2) is 24.3 Å². The van der Waals surface area contributed by atoms with E-state index < -0.39 is 0 Å². The third kappa shape index (κ3) is 5.96. The highest BCUT2D eigenvalue weighted by molar-refractivity contribution is 5.52. The zero-order chi connectivity index (χ0) is 14.8. The number of unbranched alkanes of at least 4 members (excludes halogenated alkanes) is 1. The fraction of sp³-hybridized carbons (Fsp3) is 0.667. The molecular formula is C18H32N2. The van der Waals surface area contributed by atoms with E-state index in [1.165, 1.54) is 43.5 Å². The van der Waals surface area contributed by atoms with E-state index in [0.29, 0.717) is 6.04 Å². The molecule has 0 aliphatic heterocycles. The van der Waals surface area contributed by atoms with Gasteiger partial charge in [0.15, 0.2) is 0 Å². The van der Waals surface area contributed by atoms with Gasteiger partial charge >= 0.3 is 0 Å². The van der Waals surface area contributed by atoms with Crippen molar-refractivity contribution in [1.29, 1.82) is 0 Å². The summed E-state index contributed by atoms with van der Waals surface area (Å²) in [6.45, 7) is 12.4. The van der Waals surface area contributed by atoms with Crippen LogP contribution in [0.4, 0.5) is 5.69 Å². The number of aryl methyl sites for hydroxylation is 1. The first-order valence-corrected chi connectivity index (χ1v) is 8.23. The lowest BCUT2D eigenvalue weighted by Gasteiger charge is -2.25. The van der Waals surface area contributed by atoms with Gasteiger partial charge in [-0.25, -0.2) is 0 Å². The molecule has 0 saturated heterocycles.